The zero-order chi connectivity index (χ0) is 14.0. The second-order valence-electron chi connectivity index (χ2n) is 5.19. The van der Waals surface area contributed by atoms with Crippen LogP contribution in [-0.2, 0) is 14.1 Å². The molecular weight excluding hydrogens is 248 g/mol. The Morgan fingerprint density at radius 2 is 2.11 bits per heavy atom. The molecule has 0 aromatic carbocycles. The minimum absolute atomic E-state index is 0.185. The summed E-state index contributed by atoms with van der Waals surface area (Å²) in [6.45, 7) is 0.595. The summed E-state index contributed by atoms with van der Waals surface area (Å²) in [7, 11) is 2.94. The summed E-state index contributed by atoms with van der Waals surface area (Å²) in [4.78, 5) is 23.3. The van der Waals surface area contributed by atoms with E-state index in [1.807, 2.05) is 0 Å². The van der Waals surface area contributed by atoms with E-state index in [2.05, 4.69) is 10.4 Å². The van der Waals surface area contributed by atoms with Gasteiger partial charge in [-0.05, 0) is 25.2 Å². The third-order valence-electron chi connectivity index (χ3n) is 3.63. The number of hydrogen-bond acceptors (Lipinski definition) is 5. The van der Waals surface area contributed by atoms with Crippen LogP contribution in [0.2, 0.25) is 0 Å². The van der Waals surface area contributed by atoms with E-state index in [9.17, 15) is 14.7 Å². The van der Waals surface area contributed by atoms with Crippen molar-refractivity contribution in [1.82, 2.24) is 14.3 Å². The summed E-state index contributed by atoms with van der Waals surface area (Å²) in [5.74, 6) is 0.525. The van der Waals surface area contributed by atoms with Crippen LogP contribution in [0, 0.1) is 5.92 Å². The van der Waals surface area contributed by atoms with Gasteiger partial charge in [0.15, 0.2) is 0 Å². The van der Waals surface area contributed by atoms with Crippen molar-refractivity contribution < 1.29 is 5.11 Å². The number of nitrogens with one attached hydrogen (secondary N) is 1. The first-order valence-electron chi connectivity index (χ1n) is 6.55. The Labute approximate surface area is 110 Å². The molecule has 1 heterocycles. The number of aliphatic hydroxyl groups excluding tert-OH is 1. The lowest BCUT2D eigenvalue weighted by atomic mass is 9.87. The lowest BCUT2D eigenvalue weighted by Gasteiger charge is -2.25. The van der Waals surface area contributed by atoms with Crippen molar-refractivity contribution in [2.75, 3.05) is 11.9 Å². The molecular formula is C12H20N4O3. The molecule has 1 aromatic heterocycles. The highest BCUT2D eigenvalue weighted by Gasteiger charge is 2.20. The first-order chi connectivity index (χ1) is 8.99. The molecule has 106 valence electrons. The van der Waals surface area contributed by atoms with Crippen LogP contribution in [0.15, 0.2) is 9.59 Å². The van der Waals surface area contributed by atoms with Gasteiger partial charge in [-0.3, -0.25) is 9.36 Å². The Balaban J connectivity index is 2.08. The fourth-order valence-corrected chi connectivity index (χ4v) is 2.50. The van der Waals surface area contributed by atoms with Crippen LogP contribution in [0.5, 0.6) is 0 Å². The molecule has 7 nitrogen and oxygen atoms in total. The van der Waals surface area contributed by atoms with Crippen molar-refractivity contribution in [2.45, 2.75) is 31.8 Å². The van der Waals surface area contributed by atoms with Crippen molar-refractivity contribution in [1.29, 1.82) is 0 Å². The van der Waals surface area contributed by atoms with E-state index >= 15 is 0 Å². The third kappa shape index (κ3) is 3.04. The van der Waals surface area contributed by atoms with Crippen LogP contribution in [0.4, 0.5) is 5.82 Å². The predicted molar refractivity (Wildman–Crippen MR) is 71.2 cm³/mol. The number of aliphatic hydroxyl groups is 1. The van der Waals surface area contributed by atoms with E-state index in [-0.39, 0.29) is 11.9 Å². The molecule has 2 atom stereocenters. The summed E-state index contributed by atoms with van der Waals surface area (Å²) >= 11 is 0. The number of anilines is 1. The fourth-order valence-electron chi connectivity index (χ4n) is 2.50. The van der Waals surface area contributed by atoms with Gasteiger partial charge in [0.2, 0.25) is 5.82 Å². The molecule has 0 bridgehead atoms. The van der Waals surface area contributed by atoms with Crippen molar-refractivity contribution in [3.63, 3.8) is 0 Å². The maximum Gasteiger partial charge on any atom is 0.346 e. The van der Waals surface area contributed by atoms with E-state index in [4.69, 9.17) is 0 Å². The quantitative estimate of drug-likeness (QED) is 0.767. The zero-order valence-electron chi connectivity index (χ0n) is 11.3. The number of rotatable bonds is 3. The van der Waals surface area contributed by atoms with Crippen molar-refractivity contribution in [3.05, 3.63) is 20.8 Å². The second-order valence-corrected chi connectivity index (χ2v) is 5.19. The van der Waals surface area contributed by atoms with E-state index in [0.29, 0.717) is 12.5 Å². The Morgan fingerprint density at radius 3 is 2.79 bits per heavy atom. The molecule has 2 rings (SSSR count). The molecule has 2 unspecified atom stereocenters. The van der Waals surface area contributed by atoms with Crippen LogP contribution in [0.1, 0.15) is 25.7 Å². The molecule has 1 saturated carbocycles. The fraction of sp³-hybridized carbons (Fsp3) is 0.750. The monoisotopic (exact) mass is 268 g/mol. The maximum atomic E-state index is 11.9. The van der Waals surface area contributed by atoms with Crippen molar-refractivity contribution in [2.24, 2.45) is 20.0 Å². The average Bonchev–Trinajstić information content (AvgIpc) is 2.39. The van der Waals surface area contributed by atoms with E-state index < -0.39 is 11.2 Å². The molecule has 0 spiro atoms. The Morgan fingerprint density at radius 1 is 1.37 bits per heavy atom. The summed E-state index contributed by atoms with van der Waals surface area (Å²) in [6, 6.07) is 0. The molecule has 0 aliphatic heterocycles. The molecule has 1 aliphatic carbocycles. The van der Waals surface area contributed by atoms with Crippen LogP contribution in [-0.4, -0.2) is 32.1 Å². The Bertz CT molecular complexity index is 563. The van der Waals surface area contributed by atoms with Gasteiger partial charge in [0.05, 0.1) is 6.10 Å². The first kappa shape index (κ1) is 13.8. The third-order valence-corrected chi connectivity index (χ3v) is 3.63. The average molecular weight is 268 g/mol. The molecule has 19 heavy (non-hydrogen) atoms. The topological polar surface area (TPSA) is 89.2 Å². The highest BCUT2D eigenvalue weighted by Crippen LogP contribution is 2.23. The summed E-state index contributed by atoms with van der Waals surface area (Å²) < 4.78 is 2.17. The number of aromatic nitrogens is 3. The predicted octanol–water partition coefficient (Wildman–Crippen LogP) is -0.558. The number of hydrogen-bond donors (Lipinski definition) is 2. The highest BCUT2D eigenvalue weighted by molar-refractivity contribution is 5.29. The standard InChI is InChI=1S/C12H20N4O3/c1-15-11(18)10(14-16(2)12(15)19)13-7-8-4-3-5-9(17)6-8/h8-9,17H,3-7H2,1-2H3,(H,13,14). The van der Waals surface area contributed by atoms with Gasteiger partial charge >= 0.3 is 5.69 Å². The molecule has 1 aromatic rings. The van der Waals surface area contributed by atoms with Gasteiger partial charge < -0.3 is 10.4 Å². The van der Waals surface area contributed by atoms with Gasteiger partial charge in [0, 0.05) is 20.6 Å². The van der Waals surface area contributed by atoms with Gasteiger partial charge in [-0.15, -0.1) is 5.10 Å². The van der Waals surface area contributed by atoms with Gasteiger partial charge in [-0.1, -0.05) is 6.42 Å². The maximum absolute atomic E-state index is 11.9. The van der Waals surface area contributed by atoms with Gasteiger partial charge in [0.1, 0.15) is 0 Å². The zero-order valence-corrected chi connectivity index (χ0v) is 11.3. The molecule has 1 aliphatic rings. The lowest BCUT2D eigenvalue weighted by molar-refractivity contribution is 0.104. The van der Waals surface area contributed by atoms with Crippen molar-refractivity contribution >= 4 is 5.82 Å². The summed E-state index contributed by atoms with van der Waals surface area (Å²) in [5, 5.41) is 16.5. The molecule has 7 heteroatoms. The molecule has 0 radical (unpaired) electrons. The molecule has 0 amide bonds. The Hall–Kier alpha value is -1.63. The van der Waals surface area contributed by atoms with Gasteiger partial charge in [0.25, 0.3) is 5.56 Å². The smallest absolute Gasteiger partial charge is 0.346 e. The Kier molecular flexibility index (Phi) is 4.04. The summed E-state index contributed by atoms with van der Waals surface area (Å²) in [5.41, 5.74) is -0.858. The normalized spacial score (nSPS) is 23.3. The van der Waals surface area contributed by atoms with Crippen LogP contribution < -0.4 is 16.6 Å². The van der Waals surface area contributed by atoms with Crippen LogP contribution in [0.3, 0.4) is 0 Å². The van der Waals surface area contributed by atoms with Crippen molar-refractivity contribution in [3.8, 4) is 0 Å². The van der Waals surface area contributed by atoms with Gasteiger partial charge in [-0.25, -0.2) is 9.48 Å². The van der Waals surface area contributed by atoms with Crippen LogP contribution in [0.25, 0.3) is 0 Å². The minimum Gasteiger partial charge on any atom is -0.393 e. The molecule has 1 fully saturated rings. The molecule has 0 saturated heterocycles. The van der Waals surface area contributed by atoms with E-state index in [0.717, 1.165) is 34.9 Å². The minimum atomic E-state index is -0.441. The summed E-state index contributed by atoms with van der Waals surface area (Å²) in [6.07, 6.45) is 3.41. The first-order valence-corrected chi connectivity index (χ1v) is 6.55. The largest absolute Gasteiger partial charge is 0.393 e. The van der Waals surface area contributed by atoms with Gasteiger partial charge in [-0.2, -0.15) is 0 Å². The second kappa shape index (κ2) is 5.56. The highest BCUT2D eigenvalue weighted by atomic mass is 16.3. The number of aryl methyl sites for hydroxylation is 1. The van der Waals surface area contributed by atoms with E-state index in [1.165, 1.54) is 14.1 Å². The lowest BCUT2D eigenvalue weighted by Crippen LogP contribution is -2.40. The van der Waals surface area contributed by atoms with Crippen LogP contribution >= 0.6 is 0 Å². The SMILES string of the molecule is Cn1nc(NCC2CCCC(O)C2)c(=O)n(C)c1=O. The number of nitrogens with zero attached hydrogens (tertiary/aromatic N) is 3. The molecule has 2 N–H and O–H groups in total. The van der Waals surface area contributed by atoms with E-state index in [1.54, 1.807) is 0 Å².